The number of rotatable bonds is 5. The minimum Gasteiger partial charge on any atom is -0.273 e. The number of imide groups is 1. The van der Waals surface area contributed by atoms with Crippen LogP contribution in [0.15, 0.2) is 5.38 Å². The van der Waals surface area contributed by atoms with E-state index in [1.807, 2.05) is 19.2 Å². The van der Waals surface area contributed by atoms with Crippen molar-refractivity contribution >= 4 is 29.2 Å². The van der Waals surface area contributed by atoms with Crippen molar-refractivity contribution in [3.63, 3.8) is 0 Å². The van der Waals surface area contributed by atoms with Gasteiger partial charge in [0, 0.05) is 11.8 Å². The molecule has 8 heteroatoms. The van der Waals surface area contributed by atoms with Gasteiger partial charge in [-0.25, -0.2) is 14.8 Å². The quantitative estimate of drug-likeness (QED) is 0.823. The Hall–Kier alpha value is -1.96. The highest BCUT2D eigenvalue weighted by Gasteiger charge is 2.37. The number of nitrogens with one attached hydrogen (secondary N) is 1. The average molecular weight is 296 g/mol. The average Bonchev–Trinajstić information content (AvgIpc) is 2.89. The first-order valence-corrected chi connectivity index (χ1v) is 7.21. The van der Waals surface area contributed by atoms with Gasteiger partial charge in [0.05, 0.1) is 17.2 Å². The number of hydrogen-bond donors (Lipinski definition) is 1. The maximum Gasteiger partial charge on any atom is 0.346 e. The summed E-state index contributed by atoms with van der Waals surface area (Å²) in [4.78, 5) is 40.7. The number of amides is 4. The van der Waals surface area contributed by atoms with E-state index in [9.17, 15) is 14.4 Å². The summed E-state index contributed by atoms with van der Waals surface area (Å²) in [6, 6.07) is -0.509. The van der Waals surface area contributed by atoms with E-state index in [0.29, 0.717) is 18.5 Å². The maximum atomic E-state index is 12.1. The van der Waals surface area contributed by atoms with E-state index < -0.39 is 6.03 Å². The molecule has 0 bridgehead atoms. The summed E-state index contributed by atoms with van der Waals surface area (Å²) in [6.45, 7) is 3.74. The van der Waals surface area contributed by atoms with Crippen LogP contribution < -0.4 is 5.43 Å². The third kappa shape index (κ3) is 3.13. The fourth-order valence-electron chi connectivity index (χ4n) is 1.86. The Bertz CT molecular complexity index is 543. The van der Waals surface area contributed by atoms with E-state index in [-0.39, 0.29) is 24.9 Å². The van der Waals surface area contributed by atoms with Crippen molar-refractivity contribution in [2.75, 3.05) is 6.54 Å². The lowest BCUT2D eigenvalue weighted by Crippen LogP contribution is -2.44. The van der Waals surface area contributed by atoms with E-state index in [2.05, 4.69) is 10.4 Å². The SMILES string of the molecule is CCCC(=O)NN1CC(=O)N(Cc2csc(C)n2)C1=O. The molecule has 0 spiro atoms. The van der Waals surface area contributed by atoms with Crippen molar-refractivity contribution in [2.24, 2.45) is 0 Å². The number of carbonyl (C=O) groups excluding carboxylic acids is 3. The van der Waals surface area contributed by atoms with Crippen LogP contribution in [0.2, 0.25) is 0 Å². The lowest BCUT2D eigenvalue weighted by molar-refractivity contribution is -0.126. The number of urea groups is 1. The Morgan fingerprint density at radius 1 is 1.50 bits per heavy atom. The normalized spacial score (nSPS) is 15.1. The van der Waals surface area contributed by atoms with Gasteiger partial charge in [0.1, 0.15) is 6.54 Å². The van der Waals surface area contributed by atoms with E-state index in [1.54, 1.807) is 0 Å². The molecule has 2 rings (SSSR count). The number of carbonyl (C=O) groups is 3. The van der Waals surface area contributed by atoms with Gasteiger partial charge in [-0.3, -0.25) is 19.9 Å². The van der Waals surface area contributed by atoms with E-state index in [1.165, 1.54) is 11.3 Å². The topological polar surface area (TPSA) is 82.6 Å². The van der Waals surface area contributed by atoms with Crippen LogP contribution >= 0.6 is 11.3 Å². The van der Waals surface area contributed by atoms with Gasteiger partial charge >= 0.3 is 6.03 Å². The first-order chi connectivity index (χ1) is 9.51. The van der Waals surface area contributed by atoms with E-state index in [0.717, 1.165) is 14.9 Å². The summed E-state index contributed by atoms with van der Waals surface area (Å²) in [5.74, 6) is -0.600. The molecular weight excluding hydrogens is 280 g/mol. The molecule has 1 aromatic rings. The van der Waals surface area contributed by atoms with Crippen LogP contribution in [0.25, 0.3) is 0 Å². The number of nitrogens with zero attached hydrogens (tertiary/aromatic N) is 3. The molecule has 20 heavy (non-hydrogen) atoms. The van der Waals surface area contributed by atoms with Gasteiger partial charge in [-0.05, 0) is 13.3 Å². The molecule has 108 valence electrons. The van der Waals surface area contributed by atoms with E-state index in [4.69, 9.17) is 0 Å². The van der Waals surface area contributed by atoms with Crippen LogP contribution in [0.3, 0.4) is 0 Å². The molecule has 1 aliphatic rings. The molecule has 2 heterocycles. The zero-order chi connectivity index (χ0) is 14.7. The zero-order valence-electron chi connectivity index (χ0n) is 11.4. The number of aryl methyl sites for hydroxylation is 1. The van der Waals surface area contributed by atoms with Gasteiger partial charge < -0.3 is 0 Å². The highest BCUT2D eigenvalue weighted by molar-refractivity contribution is 7.09. The van der Waals surface area contributed by atoms with Crippen LogP contribution in [0.1, 0.15) is 30.5 Å². The standard InChI is InChI=1S/C12H16N4O3S/c1-3-4-10(17)14-16-6-11(18)15(12(16)19)5-9-7-20-8(2)13-9/h7H,3-6H2,1-2H3,(H,14,17). The van der Waals surface area contributed by atoms with Gasteiger partial charge in [0.2, 0.25) is 5.91 Å². The minimum atomic E-state index is -0.509. The van der Waals surface area contributed by atoms with Crippen LogP contribution in [0.5, 0.6) is 0 Å². The second-order valence-electron chi connectivity index (χ2n) is 4.49. The Morgan fingerprint density at radius 3 is 2.85 bits per heavy atom. The Morgan fingerprint density at radius 2 is 2.25 bits per heavy atom. The molecule has 7 nitrogen and oxygen atoms in total. The van der Waals surface area contributed by atoms with Crippen LogP contribution in [-0.2, 0) is 16.1 Å². The molecule has 0 unspecified atom stereocenters. The summed E-state index contributed by atoms with van der Waals surface area (Å²) in [5, 5.41) is 3.75. The second kappa shape index (κ2) is 6.00. The number of hydrazine groups is 1. The third-order valence-electron chi connectivity index (χ3n) is 2.78. The summed E-state index contributed by atoms with van der Waals surface area (Å²) in [7, 11) is 0. The Balaban J connectivity index is 1.99. The van der Waals surface area contributed by atoms with Crippen LogP contribution in [0.4, 0.5) is 4.79 Å². The highest BCUT2D eigenvalue weighted by Crippen LogP contribution is 2.15. The van der Waals surface area contributed by atoms with Gasteiger partial charge in [-0.1, -0.05) is 6.92 Å². The molecule has 1 aliphatic heterocycles. The van der Waals surface area contributed by atoms with Gasteiger partial charge in [0.25, 0.3) is 5.91 Å². The zero-order valence-corrected chi connectivity index (χ0v) is 12.2. The van der Waals surface area contributed by atoms with Crippen molar-refractivity contribution in [3.05, 3.63) is 16.1 Å². The molecule has 0 saturated carbocycles. The molecule has 0 radical (unpaired) electrons. The fourth-order valence-corrected chi connectivity index (χ4v) is 2.46. The first kappa shape index (κ1) is 14.4. The van der Waals surface area contributed by atoms with Crippen molar-refractivity contribution in [1.29, 1.82) is 0 Å². The van der Waals surface area contributed by atoms with Crippen molar-refractivity contribution < 1.29 is 14.4 Å². The predicted molar refractivity (Wildman–Crippen MR) is 72.6 cm³/mol. The number of aromatic nitrogens is 1. The van der Waals surface area contributed by atoms with Gasteiger partial charge in [-0.2, -0.15) is 0 Å². The molecular formula is C12H16N4O3S. The fraction of sp³-hybridized carbons (Fsp3) is 0.500. The van der Waals surface area contributed by atoms with Gasteiger partial charge in [0.15, 0.2) is 0 Å². The van der Waals surface area contributed by atoms with Crippen molar-refractivity contribution in [1.82, 2.24) is 20.3 Å². The number of hydrogen-bond acceptors (Lipinski definition) is 5. The lowest BCUT2D eigenvalue weighted by Gasteiger charge is -2.17. The maximum absolute atomic E-state index is 12.1. The molecule has 0 aliphatic carbocycles. The van der Waals surface area contributed by atoms with Crippen LogP contribution in [0, 0.1) is 6.92 Å². The minimum absolute atomic E-state index is 0.128. The summed E-state index contributed by atoms with van der Waals surface area (Å²) in [6.07, 6.45) is 1.01. The summed E-state index contributed by atoms with van der Waals surface area (Å²) in [5.41, 5.74) is 3.12. The third-order valence-corrected chi connectivity index (χ3v) is 3.60. The predicted octanol–water partition coefficient (Wildman–Crippen LogP) is 1.05. The molecule has 1 N–H and O–H groups in total. The molecule has 4 amide bonds. The largest absolute Gasteiger partial charge is 0.346 e. The molecule has 1 aromatic heterocycles. The molecule has 0 atom stereocenters. The summed E-state index contributed by atoms with van der Waals surface area (Å²) >= 11 is 1.46. The molecule has 0 aromatic carbocycles. The Labute approximate surface area is 120 Å². The number of thiazole rings is 1. The van der Waals surface area contributed by atoms with Crippen molar-refractivity contribution in [2.45, 2.75) is 33.2 Å². The van der Waals surface area contributed by atoms with Gasteiger partial charge in [-0.15, -0.1) is 11.3 Å². The highest BCUT2D eigenvalue weighted by atomic mass is 32.1. The first-order valence-electron chi connectivity index (χ1n) is 6.33. The Kier molecular flexibility index (Phi) is 4.33. The summed E-state index contributed by atoms with van der Waals surface area (Å²) < 4.78 is 0. The molecule has 1 saturated heterocycles. The lowest BCUT2D eigenvalue weighted by atomic mass is 10.3. The smallest absolute Gasteiger partial charge is 0.273 e. The van der Waals surface area contributed by atoms with E-state index >= 15 is 0 Å². The van der Waals surface area contributed by atoms with Crippen molar-refractivity contribution in [3.8, 4) is 0 Å². The molecule has 1 fully saturated rings. The van der Waals surface area contributed by atoms with Crippen LogP contribution in [-0.4, -0.2) is 39.3 Å². The second-order valence-corrected chi connectivity index (χ2v) is 5.55. The monoisotopic (exact) mass is 296 g/mol.